The lowest BCUT2D eigenvalue weighted by Crippen LogP contribution is -2.40. The smallest absolute Gasteiger partial charge is 0.243 e. The molecule has 106 valence electrons. The second-order valence-electron chi connectivity index (χ2n) is 3.97. The van der Waals surface area contributed by atoms with Crippen molar-refractivity contribution in [1.29, 1.82) is 0 Å². The van der Waals surface area contributed by atoms with Gasteiger partial charge in [-0.15, -0.1) is 0 Å². The second kappa shape index (κ2) is 7.02. The van der Waals surface area contributed by atoms with Crippen molar-refractivity contribution < 1.29 is 13.2 Å². The number of carbonyl (C=O) groups excluding carboxylic acids is 1. The van der Waals surface area contributed by atoms with Crippen molar-refractivity contribution >= 4 is 31.9 Å². The van der Waals surface area contributed by atoms with Crippen LogP contribution < -0.4 is 5.32 Å². The summed E-state index contributed by atoms with van der Waals surface area (Å²) in [7, 11) is -2.15. The third kappa shape index (κ3) is 4.29. The van der Waals surface area contributed by atoms with E-state index in [1.807, 2.05) is 6.92 Å². The zero-order chi connectivity index (χ0) is 14.5. The first-order valence-electron chi connectivity index (χ1n) is 5.88. The molecule has 1 amide bonds. The summed E-state index contributed by atoms with van der Waals surface area (Å²) in [6, 6.07) is 6.37. The number of likely N-dealkylation sites (N-methyl/N-ethyl adjacent to an activating group) is 1. The van der Waals surface area contributed by atoms with Crippen LogP contribution in [0.25, 0.3) is 0 Å². The van der Waals surface area contributed by atoms with Gasteiger partial charge in [-0.25, -0.2) is 8.42 Å². The van der Waals surface area contributed by atoms with E-state index in [0.29, 0.717) is 13.0 Å². The Bertz CT molecular complexity index is 528. The van der Waals surface area contributed by atoms with E-state index in [4.69, 9.17) is 0 Å². The monoisotopic (exact) mass is 348 g/mol. The van der Waals surface area contributed by atoms with Crippen LogP contribution in [-0.2, 0) is 14.8 Å². The molecule has 1 aromatic carbocycles. The fourth-order valence-corrected chi connectivity index (χ4v) is 3.28. The molecule has 0 heterocycles. The van der Waals surface area contributed by atoms with Gasteiger partial charge in [0.2, 0.25) is 15.9 Å². The Morgan fingerprint density at radius 2 is 1.89 bits per heavy atom. The molecule has 0 radical (unpaired) electrons. The standard InChI is InChI=1S/C12H17BrN2O3S/c1-3-8-15(9-12(16)14-2)19(17,18)11-6-4-10(13)5-7-11/h4-7H,3,8-9H2,1-2H3,(H,14,16). The number of rotatable bonds is 6. The Morgan fingerprint density at radius 1 is 1.32 bits per heavy atom. The Kier molecular flexibility index (Phi) is 5.96. The number of nitrogens with zero attached hydrogens (tertiary/aromatic N) is 1. The summed E-state index contributed by atoms with van der Waals surface area (Å²) >= 11 is 3.26. The van der Waals surface area contributed by atoms with Crippen molar-refractivity contribution in [3.8, 4) is 0 Å². The molecule has 1 rings (SSSR count). The highest BCUT2D eigenvalue weighted by Crippen LogP contribution is 2.18. The largest absolute Gasteiger partial charge is 0.358 e. The van der Waals surface area contributed by atoms with E-state index in [2.05, 4.69) is 21.2 Å². The molecule has 1 aromatic rings. The highest BCUT2D eigenvalue weighted by atomic mass is 79.9. The lowest BCUT2D eigenvalue weighted by atomic mass is 10.4. The second-order valence-corrected chi connectivity index (χ2v) is 6.82. The predicted octanol–water partition coefficient (Wildman–Crippen LogP) is 1.60. The number of nitrogens with one attached hydrogen (secondary N) is 1. The molecule has 0 saturated heterocycles. The molecule has 7 heteroatoms. The van der Waals surface area contributed by atoms with E-state index in [0.717, 1.165) is 4.47 Å². The van der Waals surface area contributed by atoms with Gasteiger partial charge in [-0.2, -0.15) is 4.31 Å². The summed E-state index contributed by atoms with van der Waals surface area (Å²) in [4.78, 5) is 11.6. The van der Waals surface area contributed by atoms with Gasteiger partial charge in [0.1, 0.15) is 0 Å². The van der Waals surface area contributed by atoms with E-state index >= 15 is 0 Å². The number of sulfonamides is 1. The number of hydrogen-bond donors (Lipinski definition) is 1. The summed E-state index contributed by atoms with van der Waals surface area (Å²) in [5, 5.41) is 2.43. The van der Waals surface area contributed by atoms with Crippen LogP contribution in [0.4, 0.5) is 0 Å². The molecule has 19 heavy (non-hydrogen) atoms. The Morgan fingerprint density at radius 3 is 2.37 bits per heavy atom. The SMILES string of the molecule is CCCN(CC(=O)NC)S(=O)(=O)c1ccc(Br)cc1. The van der Waals surface area contributed by atoms with Gasteiger partial charge in [0, 0.05) is 18.1 Å². The summed E-state index contributed by atoms with van der Waals surface area (Å²) in [5.41, 5.74) is 0. The van der Waals surface area contributed by atoms with Gasteiger partial charge in [0.15, 0.2) is 0 Å². The maximum atomic E-state index is 12.4. The minimum Gasteiger partial charge on any atom is -0.358 e. The lowest BCUT2D eigenvalue weighted by molar-refractivity contribution is -0.120. The van der Waals surface area contributed by atoms with Gasteiger partial charge in [0.05, 0.1) is 11.4 Å². The minimum atomic E-state index is -3.63. The molecule has 1 N–H and O–H groups in total. The van der Waals surface area contributed by atoms with Crippen LogP contribution in [0.15, 0.2) is 33.6 Å². The molecule has 0 spiro atoms. The zero-order valence-corrected chi connectivity index (χ0v) is 13.3. The molecule has 0 aliphatic heterocycles. The summed E-state index contributed by atoms with van der Waals surface area (Å²) in [5.74, 6) is -0.325. The van der Waals surface area contributed by atoms with Gasteiger partial charge >= 0.3 is 0 Å². The third-order valence-electron chi connectivity index (χ3n) is 2.52. The first-order chi connectivity index (χ1) is 8.91. The molecular formula is C12H17BrN2O3S. The lowest BCUT2D eigenvalue weighted by Gasteiger charge is -2.20. The molecule has 0 aromatic heterocycles. The highest BCUT2D eigenvalue weighted by molar-refractivity contribution is 9.10. The number of halogens is 1. The van der Waals surface area contributed by atoms with Crippen LogP contribution >= 0.6 is 15.9 Å². The summed E-state index contributed by atoms with van der Waals surface area (Å²) in [6.07, 6.45) is 0.646. The molecule has 0 aliphatic rings. The van der Waals surface area contributed by atoms with E-state index in [-0.39, 0.29) is 17.3 Å². The van der Waals surface area contributed by atoms with Crippen molar-refractivity contribution in [3.05, 3.63) is 28.7 Å². The van der Waals surface area contributed by atoms with E-state index in [1.54, 1.807) is 12.1 Å². The van der Waals surface area contributed by atoms with Crippen molar-refractivity contribution in [1.82, 2.24) is 9.62 Å². The summed E-state index contributed by atoms with van der Waals surface area (Å²) < 4.78 is 26.8. The topological polar surface area (TPSA) is 66.5 Å². The van der Waals surface area contributed by atoms with Gasteiger partial charge in [-0.05, 0) is 30.7 Å². The molecular weight excluding hydrogens is 332 g/mol. The van der Waals surface area contributed by atoms with Crippen LogP contribution in [0.5, 0.6) is 0 Å². The van der Waals surface area contributed by atoms with Crippen LogP contribution in [0, 0.1) is 0 Å². The maximum absolute atomic E-state index is 12.4. The van der Waals surface area contributed by atoms with Gasteiger partial charge in [0.25, 0.3) is 0 Å². The fraction of sp³-hybridized carbons (Fsp3) is 0.417. The normalized spacial score (nSPS) is 11.6. The Labute approximate surface area is 122 Å². The third-order valence-corrected chi connectivity index (χ3v) is 4.91. The van der Waals surface area contributed by atoms with Crippen LogP contribution in [0.2, 0.25) is 0 Å². The molecule has 0 unspecified atom stereocenters. The van der Waals surface area contributed by atoms with Crippen molar-refractivity contribution in [2.24, 2.45) is 0 Å². The Balaban J connectivity index is 3.05. The highest BCUT2D eigenvalue weighted by Gasteiger charge is 2.25. The molecule has 0 bridgehead atoms. The van der Waals surface area contributed by atoms with Crippen molar-refractivity contribution in [2.75, 3.05) is 20.1 Å². The molecule has 0 atom stereocenters. The number of hydrogen-bond acceptors (Lipinski definition) is 3. The van der Waals surface area contributed by atoms with Gasteiger partial charge in [-0.1, -0.05) is 22.9 Å². The van der Waals surface area contributed by atoms with Crippen LogP contribution in [-0.4, -0.2) is 38.8 Å². The zero-order valence-electron chi connectivity index (χ0n) is 10.9. The van der Waals surface area contributed by atoms with Gasteiger partial charge < -0.3 is 5.32 Å². The Hall–Kier alpha value is -0.920. The van der Waals surface area contributed by atoms with E-state index in [1.165, 1.54) is 23.5 Å². The molecule has 0 fully saturated rings. The molecule has 0 aliphatic carbocycles. The fourth-order valence-electron chi connectivity index (χ4n) is 1.53. The number of carbonyl (C=O) groups is 1. The molecule has 5 nitrogen and oxygen atoms in total. The van der Waals surface area contributed by atoms with Crippen molar-refractivity contribution in [3.63, 3.8) is 0 Å². The first kappa shape index (κ1) is 16.1. The maximum Gasteiger partial charge on any atom is 0.243 e. The predicted molar refractivity (Wildman–Crippen MR) is 77.3 cm³/mol. The van der Waals surface area contributed by atoms with Crippen LogP contribution in [0.1, 0.15) is 13.3 Å². The number of benzene rings is 1. The summed E-state index contributed by atoms with van der Waals surface area (Å²) in [6.45, 7) is 2.02. The minimum absolute atomic E-state index is 0.164. The first-order valence-corrected chi connectivity index (χ1v) is 8.11. The number of amides is 1. The average Bonchev–Trinajstić information content (AvgIpc) is 2.38. The quantitative estimate of drug-likeness (QED) is 0.848. The van der Waals surface area contributed by atoms with Crippen molar-refractivity contribution in [2.45, 2.75) is 18.2 Å². The van der Waals surface area contributed by atoms with Gasteiger partial charge in [-0.3, -0.25) is 4.79 Å². The molecule has 0 saturated carbocycles. The average molecular weight is 349 g/mol. The van der Waals surface area contributed by atoms with E-state index in [9.17, 15) is 13.2 Å². The van der Waals surface area contributed by atoms with Crippen LogP contribution in [0.3, 0.4) is 0 Å². The van der Waals surface area contributed by atoms with E-state index < -0.39 is 10.0 Å².